The van der Waals surface area contributed by atoms with Gasteiger partial charge in [0, 0.05) is 13.0 Å². The Balaban J connectivity index is 3.68. The highest BCUT2D eigenvalue weighted by Gasteiger charge is 2.13. The molecule has 3 nitrogen and oxygen atoms in total. The van der Waals surface area contributed by atoms with Gasteiger partial charge in [0.1, 0.15) is 0 Å². The third kappa shape index (κ3) is 10.3. The van der Waals surface area contributed by atoms with E-state index in [1.807, 2.05) is 0 Å². The highest BCUT2D eigenvalue weighted by Crippen LogP contribution is 2.14. The van der Waals surface area contributed by atoms with Crippen molar-refractivity contribution in [1.82, 2.24) is 5.32 Å². The molecular weight excluding hydrogens is 212 g/mol. The maximum atomic E-state index is 11.7. The van der Waals surface area contributed by atoms with Crippen LogP contribution in [0.1, 0.15) is 53.4 Å². The third-order valence-electron chi connectivity index (χ3n) is 2.89. The van der Waals surface area contributed by atoms with Crippen molar-refractivity contribution in [1.29, 1.82) is 0 Å². The van der Waals surface area contributed by atoms with Gasteiger partial charge in [0.25, 0.3) is 0 Å². The van der Waals surface area contributed by atoms with E-state index in [2.05, 4.69) is 33.0 Å². The smallest absolute Gasteiger partial charge is 0.220 e. The van der Waals surface area contributed by atoms with Crippen molar-refractivity contribution >= 4 is 5.91 Å². The van der Waals surface area contributed by atoms with E-state index < -0.39 is 0 Å². The molecule has 0 aliphatic carbocycles. The zero-order valence-corrected chi connectivity index (χ0v) is 12.0. The molecule has 0 bridgehead atoms. The molecule has 3 N–H and O–H groups in total. The highest BCUT2D eigenvalue weighted by molar-refractivity contribution is 5.76. The molecule has 0 aromatic rings. The molecule has 0 heterocycles. The van der Waals surface area contributed by atoms with Gasteiger partial charge in [-0.2, -0.15) is 0 Å². The molecule has 0 rings (SSSR count). The SMILES string of the molecule is CC(C)CCCNC(=O)CC(CN)CC(C)C. The zero-order valence-electron chi connectivity index (χ0n) is 12.0. The standard InChI is InChI=1S/C14H30N2O/c1-11(2)6-5-7-16-14(17)9-13(10-15)8-12(3)4/h11-13H,5-10,15H2,1-4H3,(H,16,17). The molecule has 0 fully saturated rings. The van der Waals surface area contributed by atoms with E-state index in [1.165, 1.54) is 6.42 Å². The number of nitrogens with two attached hydrogens (primary N) is 1. The van der Waals surface area contributed by atoms with Crippen LogP contribution in [0.5, 0.6) is 0 Å². The second-order valence-corrected chi connectivity index (χ2v) is 5.82. The normalized spacial score (nSPS) is 13.1. The predicted octanol–water partition coefficient (Wildman–Crippen LogP) is 2.55. The Morgan fingerprint density at radius 3 is 2.29 bits per heavy atom. The monoisotopic (exact) mass is 242 g/mol. The second-order valence-electron chi connectivity index (χ2n) is 5.82. The summed E-state index contributed by atoms with van der Waals surface area (Å²) in [5, 5.41) is 2.98. The van der Waals surface area contributed by atoms with Gasteiger partial charge in [0.2, 0.25) is 5.91 Å². The van der Waals surface area contributed by atoms with Crippen LogP contribution in [0.15, 0.2) is 0 Å². The number of amides is 1. The van der Waals surface area contributed by atoms with Gasteiger partial charge in [-0.25, -0.2) is 0 Å². The number of hydrogen-bond acceptors (Lipinski definition) is 2. The van der Waals surface area contributed by atoms with Gasteiger partial charge < -0.3 is 11.1 Å². The minimum atomic E-state index is 0.157. The molecule has 3 heteroatoms. The Morgan fingerprint density at radius 2 is 1.82 bits per heavy atom. The summed E-state index contributed by atoms with van der Waals surface area (Å²) in [4.78, 5) is 11.7. The van der Waals surface area contributed by atoms with Crippen LogP contribution in [-0.4, -0.2) is 19.0 Å². The van der Waals surface area contributed by atoms with Crippen LogP contribution < -0.4 is 11.1 Å². The van der Waals surface area contributed by atoms with Gasteiger partial charge in [-0.3, -0.25) is 4.79 Å². The first kappa shape index (κ1) is 16.4. The van der Waals surface area contributed by atoms with Crippen molar-refractivity contribution in [3.63, 3.8) is 0 Å². The zero-order chi connectivity index (χ0) is 13.3. The number of hydrogen-bond donors (Lipinski definition) is 2. The first-order valence-electron chi connectivity index (χ1n) is 6.92. The summed E-state index contributed by atoms with van der Waals surface area (Å²) < 4.78 is 0. The van der Waals surface area contributed by atoms with E-state index in [0.29, 0.717) is 30.7 Å². The van der Waals surface area contributed by atoms with Gasteiger partial charge >= 0.3 is 0 Å². The topological polar surface area (TPSA) is 55.1 Å². The molecule has 0 saturated carbocycles. The molecule has 0 aliphatic rings. The summed E-state index contributed by atoms with van der Waals surface area (Å²) in [6.07, 6.45) is 3.86. The second kappa shape index (κ2) is 9.46. The average molecular weight is 242 g/mol. The number of carbonyl (C=O) groups is 1. The molecule has 0 spiro atoms. The van der Waals surface area contributed by atoms with Crippen LogP contribution in [0.2, 0.25) is 0 Å². The van der Waals surface area contributed by atoms with Crippen LogP contribution in [0.25, 0.3) is 0 Å². The number of carbonyl (C=O) groups excluding carboxylic acids is 1. The maximum absolute atomic E-state index is 11.7. The lowest BCUT2D eigenvalue weighted by Crippen LogP contribution is -2.29. The minimum Gasteiger partial charge on any atom is -0.356 e. The number of nitrogens with one attached hydrogen (secondary N) is 1. The van der Waals surface area contributed by atoms with Crippen molar-refractivity contribution in [3.05, 3.63) is 0 Å². The minimum absolute atomic E-state index is 0.157. The van der Waals surface area contributed by atoms with Crippen LogP contribution in [-0.2, 0) is 4.79 Å². The molecule has 17 heavy (non-hydrogen) atoms. The van der Waals surface area contributed by atoms with Crippen LogP contribution in [0.3, 0.4) is 0 Å². The molecule has 1 amide bonds. The summed E-state index contributed by atoms with van der Waals surface area (Å²) in [5.74, 6) is 1.81. The molecule has 0 aromatic heterocycles. The van der Waals surface area contributed by atoms with Gasteiger partial charge in [0.15, 0.2) is 0 Å². The lowest BCUT2D eigenvalue weighted by Gasteiger charge is -2.16. The largest absolute Gasteiger partial charge is 0.356 e. The lowest BCUT2D eigenvalue weighted by atomic mass is 9.94. The summed E-state index contributed by atoms with van der Waals surface area (Å²) >= 11 is 0. The maximum Gasteiger partial charge on any atom is 0.220 e. The molecule has 0 radical (unpaired) electrons. The van der Waals surface area contributed by atoms with E-state index in [4.69, 9.17) is 5.73 Å². The molecular formula is C14H30N2O. The van der Waals surface area contributed by atoms with Crippen molar-refractivity contribution in [2.24, 2.45) is 23.5 Å². The van der Waals surface area contributed by atoms with Gasteiger partial charge in [-0.15, -0.1) is 0 Å². The van der Waals surface area contributed by atoms with Gasteiger partial charge in [-0.05, 0) is 43.6 Å². The van der Waals surface area contributed by atoms with E-state index >= 15 is 0 Å². The first-order valence-corrected chi connectivity index (χ1v) is 6.92. The Hall–Kier alpha value is -0.570. The predicted molar refractivity (Wildman–Crippen MR) is 73.7 cm³/mol. The van der Waals surface area contributed by atoms with Gasteiger partial charge in [-0.1, -0.05) is 27.7 Å². The molecule has 0 saturated heterocycles. The van der Waals surface area contributed by atoms with E-state index in [0.717, 1.165) is 19.4 Å². The van der Waals surface area contributed by atoms with E-state index in [-0.39, 0.29) is 5.91 Å². The third-order valence-corrected chi connectivity index (χ3v) is 2.89. The molecule has 0 aromatic carbocycles. The van der Waals surface area contributed by atoms with Gasteiger partial charge in [0.05, 0.1) is 0 Å². The van der Waals surface area contributed by atoms with Crippen LogP contribution in [0.4, 0.5) is 0 Å². The Bertz CT molecular complexity index is 202. The fourth-order valence-corrected chi connectivity index (χ4v) is 2.00. The molecule has 0 aliphatic heterocycles. The van der Waals surface area contributed by atoms with Crippen LogP contribution in [0, 0.1) is 17.8 Å². The summed E-state index contributed by atoms with van der Waals surface area (Å²) in [7, 11) is 0. The summed E-state index contributed by atoms with van der Waals surface area (Å²) in [6.45, 7) is 10.2. The van der Waals surface area contributed by atoms with Crippen molar-refractivity contribution in [2.45, 2.75) is 53.4 Å². The van der Waals surface area contributed by atoms with E-state index in [9.17, 15) is 4.79 Å². The summed E-state index contributed by atoms with van der Waals surface area (Å²) in [5.41, 5.74) is 5.68. The van der Waals surface area contributed by atoms with Crippen molar-refractivity contribution < 1.29 is 4.79 Å². The quantitative estimate of drug-likeness (QED) is 0.611. The molecule has 102 valence electrons. The Labute approximate surface area is 107 Å². The fourth-order valence-electron chi connectivity index (χ4n) is 2.00. The molecule has 1 unspecified atom stereocenters. The van der Waals surface area contributed by atoms with Crippen LogP contribution >= 0.6 is 0 Å². The van der Waals surface area contributed by atoms with E-state index in [1.54, 1.807) is 0 Å². The highest BCUT2D eigenvalue weighted by atomic mass is 16.1. The molecule has 1 atom stereocenters. The Kier molecular flexibility index (Phi) is 9.14. The first-order chi connectivity index (χ1) is 7.95. The number of rotatable bonds is 9. The summed E-state index contributed by atoms with van der Waals surface area (Å²) in [6, 6.07) is 0. The Morgan fingerprint density at radius 1 is 1.18 bits per heavy atom. The fraction of sp³-hybridized carbons (Fsp3) is 0.929. The lowest BCUT2D eigenvalue weighted by molar-refractivity contribution is -0.122. The van der Waals surface area contributed by atoms with Crippen molar-refractivity contribution in [2.75, 3.05) is 13.1 Å². The van der Waals surface area contributed by atoms with Crippen molar-refractivity contribution in [3.8, 4) is 0 Å². The average Bonchev–Trinajstić information content (AvgIpc) is 2.22.